The second-order valence-electron chi connectivity index (χ2n) is 5.83. The molecule has 5 nitrogen and oxygen atoms in total. The molecule has 1 fully saturated rings. The van der Waals surface area contributed by atoms with Crippen LogP contribution in [0.1, 0.15) is 43.7 Å². The van der Waals surface area contributed by atoms with Crippen molar-refractivity contribution in [2.75, 3.05) is 13.7 Å². The van der Waals surface area contributed by atoms with Gasteiger partial charge in [-0.3, -0.25) is 0 Å². The van der Waals surface area contributed by atoms with Crippen LogP contribution in [0.2, 0.25) is 0 Å². The first-order chi connectivity index (χ1) is 10.1. The third kappa shape index (κ3) is 3.47. The zero-order valence-electron chi connectivity index (χ0n) is 12.9. The molecule has 0 spiro atoms. The molecular formula is C16H25N3O2. The summed E-state index contributed by atoms with van der Waals surface area (Å²) in [6.45, 7) is 4.14. The smallest absolute Gasteiger partial charge is 0.173 e. The fourth-order valence-corrected chi connectivity index (χ4v) is 2.92. The lowest BCUT2D eigenvalue weighted by molar-refractivity contribution is 0.124. The maximum atomic E-state index is 8.76. The van der Waals surface area contributed by atoms with E-state index in [4.69, 9.17) is 15.7 Å². The van der Waals surface area contributed by atoms with Gasteiger partial charge in [-0.15, -0.1) is 0 Å². The van der Waals surface area contributed by atoms with Crippen LogP contribution in [0.4, 0.5) is 0 Å². The van der Waals surface area contributed by atoms with Gasteiger partial charge >= 0.3 is 0 Å². The summed E-state index contributed by atoms with van der Waals surface area (Å²) in [5, 5.41) is 15.3. The largest absolute Gasteiger partial charge is 0.496 e. The molecule has 1 saturated carbocycles. The monoisotopic (exact) mass is 291 g/mol. The van der Waals surface area contributed by atoms with E-state index < -0.39 is 0 Å². The molecule has 0 unspecified atom stereocenters. The Bertz CT molecular complexity index is 505. The van der Waals surface area contributed by atoms with Crippen molar-refractivity contribution in [3.63, 3.8) is 0 Å². The van der Waals surface area contributed by atoms with Gasteiger partial charge in [0.2, 0.25) is 0 Å². The van der Waals surface area contributed by atoms with Crippen LogP contribution in [0.15, 0.2) is 23.4 Å². The number of nitrogens with zero attached hydrogens (tertiary/aromatic N) is 1. The van der Waals surface area contributed by atoms with Crippen LogP contribution in [-0.2, 0) is 6.54 Å². The fraction of sp³-hybridized carbons (Fsp3) is 0.562. The predicted molar refractivity (Wildman–Crippen MR) is 83.8 cm³/mol. The zero-order chi connectivity index (χ0) is 15.3. The van der Waals surface area contributed by atoms with E-state index in [0.717, 1.165) is 18.7 Å². The molecule has 0 saturated heterocycles. The second kappa shape index (κ2) is 6.80. The second-order valence-corrected chi connectivity index (χ2v) is 5.83. The van der Waals surface area contributed by atoms with Gasteiger partial charge in [0.05, 0.1) is 12.7 Å². The minimum Gasteiger partial charge on any atom is -0.496 e. The van der Waals surface area contributed by atoms with E-state index in [0.29, 0.717) is 16.7 Å². The number of methoxy groups -OCH3 is 1. The summed E-state index contributed by atoms with van der Waals surface area (Å²) in [7, 11) is 1.58. The molecule has 21 heavy (non-hydrogen) atoms. The predicted octanol–water partition coefficient (Wildman–Crippen LogP) is 2.46. The SMILES string of the molecule is CCC1(CNCc2ccc(/C(N)=N/O)c(OC)c2)CCC1. The van der Waals surface area contributed by atoms with Crippen LogP contribution >= 0.6 is 0 Å². The fourth-order valence-electron chi connectivity index (χ4n) is 2.92. The molecule has 1 aromatic carbocycles. The lowest BCUT2D eigenvalue weighted by Crippen LogP contribution is -2.39. The number of nitrogens with two attached hydrogens (primary N) is 1. The molecule has 1 aliphatic carbocycles. The first-order valence-electron chi connectivity index (χ1n) is 7.49. The molecule has 1 aromatic rings. The Balaban J connectivity index is 1.98. The highest BCUT2D eigenvalue weighted by atomic mass is 16.5. The van der Waals surface area contributed by atoms with Gasteiger partial charge in [-0.2, -0.15) is 0 Å². The van der Waals surface area contributed by atoms with Gasteiger partial charge in [-0.25, -0.2) is 0 Å². The molecule has 0 atom stereocenters. The summed E-state index contributed by atoms with van der Waals surface area (Å²) in [5.74, 6) is 0.684. The van der Waals surface area contributed by atoms with Gasteiger partial charge in [0.25, 0.3) is 0 Å². The molecule has 116 valence electrons. The zero-order valence-corrected chi connectivity index (χ0v) is 12.9. The molecule has 0 aliphatic heterocycles. The van der Waals surface area contributed by atoms with E-state index in [1.54, 1.807) is 7.11 Å². The first-order valence-corrected chi connectivity index (χ1v) is 7.49. The maximum Gasteiger partial charge on any atom is 0.173 e. The summed E-state index contributed by atoms with van der Waals surface area (Å²) < 4.78 is 5.31. The Labute approximate surface area is 126 Å². The van der Waals surface area contributed by atoms with Crippen molar-refractivity contribution in [3.05, 3.63) is 29.3 Å². The molecule has 1 aliphatic rings. The lowest BCUT2D eigenvalue weighted by atomic mass is 9.67. The normalized spacial score (nSPS) is 17.3. The van der Waals surface area contributed by atoms with Crippen LogP contribution in [-0.4, -0.2) is 24.7 Å². The third-order valence-electron chi connectivity index (χ3n) is 4.64. The van der Waals surface area contributed by atoms with E-state index >= 15 is 0 Å². The Hall–Kier alpha value is -1.75. The van der Waals surface area contributed by atoms with Crippen molar-refractivity contribution >= 4 is 5.84 Å². The molecule has 0 bridgehead atoms. The van der Waals surface area contributed by atoms with Crippen LogP contribution in [0, 0.1) is 5.41 Å². The van der Waals surface area contributed by atoms with Crippen molar-refractivity contribution in [1.82, 2.24) is 5.32 Å². The average Bonchev–Trinajstić information content (AvgIpc) is 2.49. The van der Waals surface area contributed by atoms with E-state index in [9.17, 15) is 0 Å². The van der Waals surface area contributed by atoms with E-state index in [2.05, 4.69) is 17.4 Å². The summed E-state index contributed by atoms with van der Waals surface area (Å²) in [5.41, 5.74) is 7.87. The number of amidine groups is 1. The summed E-state index contributed by atoms with van der Waals surface area (Å²) in [6, 6.07) is 5.73. The highest BCUT2D eigenvalue weighted by Crippen LogP contribution is 2.43. The average molecular weight is 291 g/mol. The number of oxime groups is 1. The Morgan fingerprint density at radius 3 is 2.76 bits per heavy atom. The van der Waals surface area contributed by atoms with Crippen LogP contribution in [0.25, 0.3) is 0 Å². The maximum absolute atomic E-state index is 8.76. The van der Waals surface area contributed by atoms with Crippen molar-refractivity contribution in [2.45, 2.75) is 39.2 Å². The van der Waals surface area contributed by atoms with Crippen molar-refractivity contribution in [1.29, 1.82) is 0 Å². The van der Waals surface area contributed by atoms with Crippen molar-refractivity contribution < 1.29 is 9.94 Å². The van der Waals surface area contributed by atoms with Gasteiger partial charge < -0.3 is 21.0 Å². The van der Waals surface area contributed by atoms with Crippen LogP contribution in [0.3, 0.4) is 0 Å². The van der Waals surface area contributed by atoms with Crippen LogP contribution in [0.5, 0.6) is 5.75 Å². The molecule has 4 N–H and O–H groups in total. The number of ether oxygens (including phenoxy) is 1. The number of nitrogens with one attached hydrogen (secondary N) is 1. The van der Waals surface area contributed by atoms with Crippen molar-refractivity contribution in [3.8, 4) is 5.75 Å². The minimum absolute atomic E-state index is 0.0609. The number of hydrogen-bond donors (Lipinski definition) is 3. The first kappa shape index (κ1) is 15.6. The number of benzene rings is 1. The third-order valence-corrected chi connectivity index (χ3v) is 4.64. The molecule has 2 rings (SSSR count). The van der Waals surface area contributed by atoms with Crippen molar-refractivity contribution in [2.24, 2.45) is 16.3 Å². The van der Waals surface area contributed by atoms with Gasteiger partial charge in [-0.1, -0.05) is 24.6 Å². The standard InChI is InChI=1S/C16H25N3O2/c1-3-16(7-4-8-16)11-18-10-12-5-6-13(15(17)19-20)14(9-12)21-2/h5-6,9,18,20H,3-4,7-8,10-11H2,1-2H3,(H2,17,19). The topological polar surface area (TPSA) is 79.9 Å². The van der Waals surface area contributed by atoms with Gasteiger partial charge in [0.1, 0.15) is 5.75 Å². The van der Waals surface area contributed by atoms with Gasteiger partial charge in [-0.05, 0) is 42.4 Å². The summed E-state index contributed by atoms with van der Waals surface area (Å²) in [6.07, 6.45) is 5.27. The van der Waals surface area contributed by atoms with E-state index in [-0.39, 0.29) is 5.84 Å². The molecule has 0 radical (unpaired) electrons. The van der Waals surface area contributed by atoms with E-state index in [1.807, 2.05) is 18.2 Å². The summed E-state index contributed by atoms with van der Waals surface area (Å²) >= 11 is 0. The summed E-state index contributed by atoms with van der Waals surface area (Å²) in [4.78, 5) is 0. The molecule has 0 amide bonds. The highest BCUT2D eigenvalue weighted by molar-refractivity contribution is 5.99. The quantitative estimate of drug-likeness (QED) is 0.312. The molecular weight excluding hydrogens is 266 g/mol. The van der Waals surface area contributed by atoms with Gasteiger partial charge in [0, 0.05) is 13.1 Å². The lowest BCUT2D eigenvalue weighted by Gasteiger charge is -2.41. The van der Waals surface area contributed by atoms with Crippen LogP contribution < -0.4 is 15.8 Å². The minimum atomic E-state index is 0.0609. The highest BCUT2D eigenvalue weighted by Gasteiger charge is 2.34. The molecule has 0 aromatic heterocycles. The molecule has 0 heterocycles. The van der Waals surface area contributed by atoms with Gasteiger partial charge in [0.15, 0.2) is 5.84 Å². The Morgan fingerprint density at radius 2 is 2.24 bits per heavy atom. The molecule has 5 heteroatoms. The Morgan fingerprint density at radius 1 is 1.48 bits per heavy atom. The Kier molecular flexibility index (Phi) is 5.07. The van der Waals surface area contributed by atoms with E-state index in [1.165, 1.54) is 25.7 Å². The number of rotatable bonds is 7. The number of hydrogen-bond acceptors (Lipinski definition) is 4.